The second kappa shape index (κ2) is 6.26. The van der Waals surface area contributed by atoms with Crippen molar-refractivity contribution in [3.63, 3.8) is 0 Å². The lowest BCUT2D eigenvalue weighted by Gasteiger charge is -2.06. The Labute approximate surface area is 123 Å². The predicted molar refractivity (Wildman–Crippen MR) is 73.9 cm³/mol. The van der Waals surface area contributed by atoms with Crippen LogP contribution in [0.4, 0.5) is 13.2 Å². The van der Waals surface area contributed by atoms with Crippen LogP contribution >= 0.6 is 11.3 Å². The van der Waals surface area contributed by atoms with E-state index in [0.717, 1.165) is 27.7 Å². The fraction of sp³-hybridized carbons (Fsp3) is 0.286. The maximum Gasteiger partial charge on any atom is 0.254 e. The van der Waals surface area contributed by atoms with Crippen LogP contribution in [0.25, 0.3) is 0 Å². The van der Waals surface area contributed by atoms with Gasteiger partial charge in [0, 0.05) is 17.8 Å². The predicted octanol–water partition coefficient (Wildman–Crippen LogP) is 3.15. The quantitative estimate of drug-likeness (QED) is 0.881. The molecule has 0 aliphatic heterocycles. The Hall–Kier alpha value is -1.89. The molecule has 0 atom stereocenters. The van der Waals surface area contributed by atoms with E-state index in [0.29, 0.717) is 6.42 Å². The molecule has 1 aromatic carbocycles. The van der Waals surface area contributed by atoms with Crippen LogP contribution in [0.15, 0.2) is 12.1 Å². The van der Waals surface area contributed by atoms with Gasteiger partial charge in [0.1, 0.15) is 0 Å². The summed E-state index contributed by atoms with van der Waals surface area (Å²) in [6.07, 6.45) is 0.496. The molecule has 1 aromatic heterocycles. The van der Waals surface area contributed by atoms with Crippen LogP contribution in [0.3, 0.4) is 0 Å². The average Bonchev–Trinajstić information content (AvgIpc) is 2.75. The zero-order chi connectivity index (χ0) is 15.6. The fourth-order valence-electron chi connectivity index (χ4n) is 1.73. The van der Waals surface area contributed by atoms with E-state index in [1.807, 2.05) is 13.8 Å². The number of thiazole rings is 1. The number of aromatic nitrogens is 1. The standard InChI is InChI=1S/C14H13F3N2OS/c1-7-8(2)21-11(19-7)5-6-18-14(20)9-3-4-10(15)13(17)12(9)16/h3-4H,5-6H2,1-2H3,(H,18,20). The topological polar surface area (TPSA) is 42.0 Å². The van der Waals surface area contributed by atoms with Gasteiger partial charge in [-0.3, -0.25) is 4.79 Å². The number of rotatable bonds is 4. The molecule has 0 radical (unpaired) electrons. The Kier molecular flexibility index (Phi) is 4.62. The van der Waals surface area contributed by atoms with Crippen LogP contribution in [-0.2, 0) is 6.42 Å². The van der Waals surface area contributed by atoms with E-state index < -0.39 is 28.9 Å². The van der Waals surface area contributed by atoms with Crippen molar-refractivity contribution in [3.8, 4) is 0 Å². The normalized spacial score (nSPS) is 10.7. The highest BCUT2D eigenvalue weighted by Crippen LogP contribution is 2.17. The van der Waals surface area contributed by atoms with Gasteiger partial charge in [-0.15, -0.1) is 11.3 Å². The van der Waals surface area contributed by atoms with Crippen LogP contribution in [0.1, 0.15) is 25.9 Å². The highest BCUT2D eigenvalue weighted by atomic mass is 32.1. The molecular formula is C14H13F3N2OS. The summed E-state index contributed by atoms with van der Waals surface area (Å²) in [7, 11) is 0. The molecule has 7 heteroatoms. The van der Waals surface area contributed by atoms with Gasteiger partial charge in [0.15, 0.2) is 17.5 Å². The molecule has 1 N–H and O–H groups in total. The van der Waals surface area contributed by atoms with Crippen LogP contribution in [0.2, 0.25) is 0 Å². The lowest BCUT2D eigenvalue weighted by Crippen LogP contribution is -2.27. The SMILES string of the molecule is Cc1nc(CCNC(=O)c2ccc(F)c(F)c2F)sc1C. The van der Waals surface area contributed by atoms with Crippen LogP contribution in [-0.4, -0.2) is 17.4 Å². The summed E-state index contributed by atoms with van der Waals surface area (Å²) in [5, 5.41) is 3.32. The number of nitrogens with zero attached hydrogens (tertiary/aromatic N) is 1. The van der Waals surface area contributed by atoms with E-state index in [-0.39, 0.29) is 6.54 Å². The molecule has 3 nitrogen and oxygen atoms in total. The van der Waals surface area contributed by atoms with Gasteiger partial charge in [-0.2, -0.15) is 0 Å². The van der Waals surface area contributed by atoms with Crippen molar-refractivity contribution in [2.75, 3.05) is 6.54 Å². The van der Waals surface area contributed by atoms with Gasteiger partial charge < -0.3 is 5.32 Å². The number of benzene rings is 1. The lowest BCUT2D eigenvalue weighted by atomic mass is 10.2. The third-order valence-electron chi connectivity index (χ3n) is 2.98. The summed E-state index contributed by atoms with van der Waals surface area (Å²) >= 11 is 1.52. The largest absolute Gasteiger partial charge is 0.352 e. The second-order valence-corrected chi connectivity index (χ2v) is 5.77. The molecule has 1 amide bonds. The molecule has 0 aliphatic rings. The average molecular weight is 314 g/mol. The van der Waals surface area contributed by atoms with Crippen molar-refractivity contribution in [2.24, 2.45) is 0 Å². The Morgan fingerprint density at radius 3 is 2.57 bits per heavy atom. The van der Waals surface area contributed by atoms with Gasteiger partial charge in [0.05, 0.1) is 16.3 Å². The Morgan fingerprint density at radius 1 is 1.24 bits per heavy atom. The molecule has 0 bridgehead atoms. The molecule has 0 unspecified atom stereocenters. The smallest absolute Gasteiger partial charge is 0.254 e. The Morgan fingerprint density at radius 2 is 1.95 bits per heavy atom. The number of aryl methyl sites for hydroxylation is 2. The van der Waals surface area contributed by atoms with Crippen molar-refractivity contribution >= 4 is 17.2 Å². The monoisotopic (exact) mass is 314 g/mol. The first-order valence-electron chi connectivity index (χ1n) is 6.24. The molecule has 1 heterocycles. The van der Waals surface area contributed by atoms with Crippen LogP contribution in [0, 0.1) is 31.3 Å². The summed E-state index contributed by atoms with van der Waals surface area (Å²) < 4.78 is 39.3. The van der Waals surface area contributed by atoms with E-state index >= 15 is 0 Å². The maximum atomic E-state index is 13.4. The number of hydrogen-bond acceptors (Lipinski definition) is 3. The Bertz CT molecular complexity index is 666. The van der Waals surface area contributed by atoms with Crippen molar-refractivity contribution in [1.29, 1.82) is 0 Å². The third-order valence-corrected chi connectivity index (χ3v) is 4.11. The number of carbonyl (C=O) groups excluding carboxylic acids is 1. The van der Waals surface area contributed by atoms with E-state index in [2.05, 4.69) is 10.3 Å². The third kappa shape index (κ3) is 3.41. The molecule has 21 heavy (non-hydrogen) atoms. The molecule has 0 saturated carbocycles. The van der Waals surface area contributed by atoms with E-state index in [1.165, 1.54) is 11.3 Å². The van der Waals surface area contributed by atoms with E-state index in [4.69, 9.17) is 0 Å². The van der Waals surface area contributed by atoms with Gasteiger partial charge in [0.25, 0.3) is 5.91 Å². The summed E-state index contributed by atoms with van der Waals surface area (Å²) in [4.78, 5) is 17.1. The zero-order valence-corrected chi connectivity index (χ0v) is 12.3. The van der Waals surface area contributed by atoms with Crippen molar-refractivity contribution in [3.05, 3.63) is 50.7 Å². The lowest BCUT2D eigenvalue weighted by molar-refractivity contribution is 0.0949. The number of amides is 1. The fourth-order valence-corrected chi connectivity index (χ4v) is 2.66. The van der Waals surface area contributed by atoms with Crippen molar-refractivity contribution in [1.82, 2.24) is 10.3 Å². The minimum Gasteiger partial charge on any atom is -0.352 e. The summed E-state index contributed by atoms with van der Waals surface area (Å²) in [5.41, 5.74) is 0.424. The highest BCUT2D eigenvalue weighted by Gasteiger charge is 2.18. The second-order valence-electron chi connectivity index (χ2n) is 4.48. The first-order chi connectivity index (χ1) is 9.90. The van der Waals surface area contributed by atoms with Crippen LogP contribution < -0.4 is 5.32 Å². The molecule has 0 fully saturated rings. The molecule has 2 aromatic rings. The van der Waals surface area contributed by atoms with Gasteiger partial charge in [-0.05, 0) is 26.0 Å². The number of hydrogen-bond donors (Lipinski definition) is 1. The molecule has 0 saturated heterocycles. The van der Waals surface area contributed by atoms with E-state index in [1.54, 1.807) is 0 Å². The molecule has 2 rings (SSSR count). The summed E-state index contributed by atoms with van der Waals surface area (Å²) in [5.74, 6) is -5.23. The van der Waals surface area contributed by atoms with E-state index in [9.17, 15) is 18.0 Å². The van der Waals surface area contributed by atoms with Crippen LogP contribution in [0.5, 0.6) is 0 Å². The Balaban J connectivity index is 1.98. The molecule has 0 spiro atoms. The zero-order valence-electron chi connectivity index (χ0n) is 11.5. The highest BCUT2D eigenvalue weighted by molar-refractivity contribution is 7.11. The number of halogens is 3. The first kappa shape index (κ1) is 15.5. The molecule has 112 valence electrons. The van der Waals surface area contributed by atoms with Crippen molar-refractivity contribution < 1.29 is 18.0 Å². The number of carbonyl (C=O) groups is 1. The van der Waals surface area contributed by atoms with Gasteiger partial charge in [-0.1, -0.05) is 0 Å². The summed E-state index contributed by atoms with van der Waals surface area (Å²) in [6.45, 7) is 4.08. The van der Waals surface area contributed by atoms with Gasteiger partial charge in [0.2, 0.25) is 0 Å². The molecule has 0 aliphatic carbocycles. The first-order valence-corrected chi connectivity index (χ1v) is 7.06. The summed E-state index contributed by atoms with van der Waals surface area (Å²) in [6, 6.07) is 1.64. The number of nitrogens with one attached hydrogen (secondary N) is 1. The minimum absolute atomic E-state index is 0.240. The molecular weight excluding hydrogens is 301 g/mol. The van der Waals surface area contributed by atoms with Crippen molar-refractivity contribution in [2.45, 2.75) is 20.3 Å². The van der Waals surface area contributed by atoms with Gasteiger partial charge >= 0.3 is 0 Å². The van der Waals surface area contributed by atoms with Gasteiger partial charge in [-0.25, -0.2) is 18.2 Å². The minimum atomic E-state index is -1.64. The maximum absolute atomic E-state index is 13.4.